The standard InChI is InChI=1S/C19H15ClFN3O4/c20-10-1-2-12-11(5-10)14-16(9-3-4-27-7-9)22-8-23-18(14)24(12)19-15(21)17(26)13(6-25)28-19/h1-5,7-8,13,15,17,19,25-26H,6H2/t13-,15-,17-,19-/m1/s1. The van der Waals surface area contributed by atoms with Crippen LogP contribution in [-0.2, 0) is 4.74 Å². The van der Waals surface area contributed by atoms with E-state index in [4.69, 9.17) is 20.8 Å². The summed E-state index contributed by atoms with van der Waals surface area (Å²) < 4.78 is 27.3. The zero-order valence-electron chi connectivity index (χ0n) is 14.4. The minimum absolute atomic E-state index is 0.432. The average molecular weight is 404 g/mol. The van der Waals surface area contributed by atoms with Crippen molar-refractivity contribution in [3.8, 4) is 11.3 Å². The second-order valence-corrected chi connectivity index (χ2v) is 7.08. The summed E-state index contributed by atoms with van der Waals surface area (Å²) in [4.78, 5) is 8.74. The van der Waals surface area contributed by atoms with Crippen LogP contribution in [0, 0.1) is 0 Å². The molecule has 0 amide bonds. The number of nitrogens with zero attached hydrogens (tertiary/aromatic N) is 3. The van der Waals surface area contributed by atoms with E-state index in [9.17, 15) is 14.6 Å². The molecule has 5 rings (SSSR count). The Bertz CT molecular complexity index is 1160. The van der Waals surface area contributed by atoms with Gasteiger partial charge in [0.1, 0.15) is 24.2 Å². The Balaban J connectivity index is 1.84. The van der Waals surface area contributed by atoms with Gasteiger partial charge in [-0.25, -0.2) is 14.4 Å². The van der Waals surface area contributed by atoms with Crippen molar-refractivity contribution in [2.75, 3.05) is 6.61 Å². The van der Waals surface area contributed by atoms with Crippen molar-refractivity contribution in [2.45, 2.75) is 24.6 Å². The Morgan fingerprint density at radius 2 is 2.11 bits per heavy atom. The number of aliphatic hydroxyl groups excluding tert-OH is 2. The van der Waals surface area contributed by atoms with E-state index >= 15 is 0 Å². The maximum Gasteiger partial charge on any atom is 0.173 e. The first kappa shape index (κ1) is 17.6. The summed E-state index contributed by atoms with van der Waals surface area (Å²) in [6.45, 7) is -0.490. The smallest absolute Gasteiger partial charge is 0.173 e. The molecule has 1 aromatic carbocycles. The van der Waals surface area contributed by atoms with Crippen molar-refractivity contribution in [2.24, 2.45) is 0 Å². The second kappa shape index (κ2) is 6.52. The largest absolute Gasteiger partial charge is 0.472 e. The third-order valence-corrected chi connectivity index (χ3v) is 5.30. The molecule has 0 saturated carbocycles. The van der Waals surface area contributed by atoms with Gasteiger partial charge in [0, 0.05) is 16.0 Å². The maximum absolute atomic E-state index is 14.9. The molecule has 144 valence electrons. The van der Waals surface area contributed by atoms with Crippen LogP contribution < -0.4 is 0 Å². The lowest BCUT2D eigenvalue weighted by Gasteiger charge is -2.17. The van der Waals surface area contributed by atoms with Crippen LogP contribution in [0.1, 0.15) is 6.23 Å². The number of hydrogen-bond acceptors (Lipinski definition) is 6. The number of hydrogen-bond donors (Lipinski definition) is 2. The van der Waals surface area contributed by atoms with Crippen LogP contribution in [0.4, 0.5) is 4.39 Å². The SMILES string of the molecule is OC[C@H]1O[C@@H](n2c3ccc(Cl)cc3c3c(-c4ccoc4)ncnc32)[C@H](F)[C@@H]1O. The molecule has 4 aromatic rings. The Morgan fingerprint density at radius 1 is 1.25 bits per heavy atom. The molecule has 0 unspecified atom stereocenters. The van der Waals surface area contributed by atoms with Gasteiger partial charge in [0.05, 0.1) is 35.7 Å². The minimum atomic E-state index is -1.74. The number of halogens is 2. The molecule has 3 aromatic heterocycles. The van der Waals surface area contributed by atoms with Gasteiger partial charge in [0.15, 0.2) is 12.4 Å². The fourth-order valence-corrected chi connectivity index (χ4v) is 3.95. The van der Waals surface area contributed by atoms with Crippen molar-refractivity contribution >= 4 is 33.5 Å². The summed E-state index contributed by atoms with van der Waals surface area (Å²) in [5.41, 5.74) is 2.41. The molecular weight excluding hydrogens is 389 g/mol. The van der Waals surface area contributed by atoms with E-state index in [0.29, 0.717) is 27.3 Å². The van der Waals surface area contributed by atoms with Gasteiger partial charge < -0.3 is 19.4 Å². The number of benzene rings is 1. The normalized spacial score (nSPS) is 25.1. The second-order valence-electron chi connectivity index (χ2n) is 6.65. The van der Waals surface area contributed by atoms with Crippen LogP contribution in [0.15, 0.2) is 47.5 Å². The van der Waals surface area contributed by atoms with Crippen molar-refractivity contribution in [1.82, 2.24) is 14.5 Å². The minimum Gasteiger partial charge on any atom is -0.472 e. The molecule has 0 aliphatic carbocycles. The maximum atomic E-state index is 14.9. The van der Waals surface area contributed by atoms with Gasteiger partial charge in [-0.1, -0.05) is 11.6 Å². The first-order valence-corrected chi connectivity index (χ1v) is 9.03. The Hall–Kier alpha value is -2.52. The Morgan fingerprint density at radius 3 is 2.82 bits per heavy atom. The predicted molar refractivity (Wildman–Crippen MR) is 99.6 cm³/mol. The highest BCUT2D eigenvalue weighted by molar-refractivity contribution is 6.32. The molecule has 4 atom stereocenters. The molecule has 4 heterocycles. The van der Waals surface area contributed by atoms with E-state index in [1.165, 1.54) is 12.6 Å². The quantitative estimate of drug-likeness (QED) is 0.546. The molecule has 0 radical (unpaired) electrons. The third kappa shape index (κ3) is 2.46. The van der Waals surface area contributed by atoms with Gasteiger partial charge in [-0.05, 0) is 24.3 Å². The fraction of sp³-hybridized carbons (Fsp3) is 0.263. The molecule has 9 heteroatoms. The molecule has 0 bridgehead atoms. The number of ether oxygens (including phenoxy) is 1. The molecule has 0 spiro atoms. The number of aromatic nitrogens is 3. The lowest BCUT2D eigenvalue weighted by molar-refractivity contribution is -0.0442. The topological polar surface area (TPSA) is 93.5 Å². The molecule has 1 aliphatic heterocycles. The van der Waals surface area contributed by atoms with Crippen molar-refractivity contribution in [1.29, 1.82) is 0 Å². The lowest BCUT2D eigenvalue weighted by atomic mass is 10.1. The van der Waals surface area contributed by atoms with E-state index in [1.54, 1.807) is 35.1 Å². The van der Waals surface area contributed by atoms with Crippen LogP contribution in [0.3, 0.4) is 0 Å². The summed E-state index contributed by atoms with van der Waals surface area (Å²) in [5.74, 6) is 0. The highest BCUT2D eigenvalue weighted by Crippen LogP contribution is 2.41. The number of aliphatic hydroxyl groups is 2. The predicted octanol–water partition coefficient (Wildman–Crippen LogP) is 3.09. The average Bonchev–Trinajstić information content (AvgIpc) is 3.40. The monoisotopic (exact) mass is 403 g/mol. The van der Waals surface area contributed by atoms with Crippen molar-refractivity contribution in [3.05, 3.63) is 48.1 Å². The van der Waals surface area contributed by atoms with Crippen LogP contribution in [-0.4, -0.2) is 49.7 Å². The number of alkyl halides is 1. The van der Waals surface area contributed by atoms with Crippen LogP contribution in [0.2, 0.25) is 5.02 Å². The molecule has 1 saturated heterocycles. The fourth-order valence-electron chi connectivity index (χ4n) is 3.78. The van der Waals surface area contributed by atoms with Crippen LogP contribution >= 0.6 is 11.6 Å². The number of furan rings is 1. The first-order chi connectivity index (χ1) is 13.6. The third-order valence-electron chi connectivity index (χ3n) is 5.07. The van der Waals surface area contributed by atoms with Gasteiger partial charge in [0.25, 0.3) is 0 Å². The van der Waals surface area contributed by atoms with Crippen molar-refractivity contribution < 1.29 is 23.8 Å². The number of fused-ring (bicyclic) bond motifs is 3. The summed E-state index contributed by atoms with van der Waals surface area (Å²) in [6, 6.07) is 6.95. The van der Waals surface area contributed by atoms with Gasteiger partial charge in [-0.2, -0.15) is 0 Å². The van der Waals surface area contributed by atoms with E-state index in [2.05, 4.69) is 9.97 Å². The molecule has 7 nitrogen and oxygen atoms in total. The molecular formula is C19H15ClFN3O4. The van der Waals surface area contributed by atoms with Crippen molar-refractivity contribution in [3.63, 3.8) is 0 Å². The molecule has 28 heavy (non-hydrogen) atoms. The highest BCUT2D eigenvalue weighted by Gasteiger charge is 2.46. The Kier molecular flexibility index (Phi) is 4.09. The van der Waals surface area contributed by atoms with Gasteiger partial charge in [-0.3, -0.25) is 4.57 Å². The Labute approximate surface area is 162 Å². The van der Waals surface area contributed by atoms with E-state index in [-0.39, 0.29) is 0 Å². The van der Waals surface area contributed by atoms with Crippen LogP contribution in [0.25, 0.3) is 33.2 Å². The van der Waals surface area contributed by atoms with E-state index in [1.807, 2.05) is 0 Å². The van der Waals surface area contributed by atoms with Gasteiger partial charge >= 0.3 is 0 Å². The van der Waals surface area contributed by atoms with Gasteiger partial charge in [-0.15, -0.1) is 0 Å². The summed E-state index contributed by atoms with van der Waals surface area (Å²) in [6.07, 6.45) is -0.871. The van der Waals surface area contributed by atoms with E-state index < -0.39 is 31.2 Å². The molecule has 2 N–H and O–H groups in total. The lowest BCUT2D eigenvalue weighted by Crippen LogP contribution is -2.30. The number of rotatable bonds is 3. The van der Waals surface area contributed by atoms with E-state index in [0.717, 1.165) is 10.9 Å². The van der Waals surface area contributed by atoms with Crippen LogP contribution in [0.5, 0.6) is 0 Å². The first-order valence-electron chi connectivity index (χ1n) is 8.65. The highest BCUT2D eigenvalue weighted by atomic mass is 35.5. The summed E-state index contributed by atoms with van der Waals surface area (Å²) >= 11 is 6.22. The molecule has 1 aliphatic rings. The summed E-state index contributed by atoms with van der Waals surface area (Å²) in [5, 5.41) is 21.4. The van der Waals surface area contributed by atoms with Gasteiger partial charge in [0.2, 0.25) is 0 Å². The summed E-state index contributed by atoms with van der Waals surface area (Å²) in [7, 11) is 0. The molecule has 1 fully saturated rings. The zero-order chi connectivity index (χ0) is 19.4. The zero-order valence-corrected chi connectivity index (χ0v) is 15.1.